The number of nitrogens with one attached hydrogen (secondary N) is 1. The maximum absolute atomic E-state index is 12.2. The van der Waals surface area contributed by atoms with Crippen LogP contribution in [0.5, 0.6) is 0 Å². The molecule has 8 heteroatoms. The third kappa shape index (κ3) is 5.27. The lowest BCUT2D eigenvalue weighted by atomic mass is 10.2. The van der Waals surface area contributed by atoms with Crippen LogP contribution in [-0.2, 0) is 19.4 Å². The number of halogens is 1. The Bertz CT molecular complexity index is 878. The van der Waals surface area contributed by atoms with Crippen LogP contribution in [-0.4, -0.2) is 32.7 Å². The number of esters is 1. The molecule has 2 rings (SSSR count). The molecule has 0 bridgehead atoms. The number of sulfone groups is 1. The molecule has 0 saturated heterocycles. The highest BCUT2D eigenvalue weighted by Crippen LogP contribution is 2.18. The summed E-state index contributed by atoms with van der Waals surface area (Å²) < 4.78 is 30.1. The number of carbonyl (C=O) groups excluding carboxylic acids is 2. The highest BCUT2D eigenvalue weighted by atomic mass is 127. The molecule has 0 radical (unpaired) electrons. The van der Waals surface area contributed by atoms with Crippen molar-refractivity contribution in [2.24, 2.45) is 0 Å². The summed E-state index contributed by atoms with van der Waals surface area (Å²) in [7, 11) is -3.57. The number of rotatable bonds is 6. The van der Waals surface area contributed by atoms with Gasteiger partial charge in [0.15, 0.2) is 16.4 Å². The van der Waals surface area contributed by atoms with E-state index >= 15 is 0 Å². The van der Waals surface area contributed by atoms with Crippen molar-refractivity contribution in [1.29, 1.82) is 0 Å². The van der Waals surface area contributed by atoms with Crippen LogP contribution in [0.25, 0.3) is 0 Å². The van der Waals surface area contributed by atoms with Crippen LogP contribution in [0.4, 0.5) is 5.69 Å². The lowest BCUT2D eigenvalue weighted by molar-refractivity contribution is -0.119. The highest BCUT2D eigenvalue weighted by Gasteiger charge is 2.22. The lowest BCUT2D eigenvalue weighted by Gasteiger charge is -2.10. The van der Waals surface area contributed by atoms with Crippen LogP contribution in [0.2, 0.25) is 0 Å². The van der Waals surface area contributed by atoms with Crippen molar-refractivity contribution < 1.29 is 22.7 Å². The maximum Gasteiger partial charge on any atom is 0.339 e. The standard InChI is InChI=1S/C17H16INO5S/c1-2-25(22,23)15-6-4-3-5-14(15)17(21)24-11-16(20)19-13-9-7-12(18)8-10-13/h3-10H,2,11H2,1H3,(H,19,20). The molecular formula is C17H16INO5S. The first kappa shape index (κ1) is 19.4. The molecule has 0 spiro atoms. The minimum absolute atomic E-state index is 0.0774. The van der Waals surface area contributed by atoms with Crippen LogP contribution in [0, 0.1) is 3.57 Å². The van der Waals surface area contributed by atoms with E-state index in [9.17, 15) is 18.0 Å². The molecule has 2 aromatic rings. The summed E-state index contributed by atoms with van der Waals surface area (Å²) >= 11 is 2.14. The normalized spacial score (nSPS) is 11.0. The Morgan fingerprint density at radius 1 is 1.08 bits per heavy atom. The van der Waals surface area contributed by atoms with Crippen molar-refractivity contribution in [2.75, 3.05) is 17.7 Å². The number of hydrogen-bond donors (Lipinski definition) is 1. The Morgan fingerprint density at radius 2 is 1.72 bits per heavy atom. The van der Waals surface area contributed by atoms with Crippen molar-refractivity contribution in [3.05, 3.63) is 57.7 Å². The first-order valence-corrected chi connectivity index (χ1v) is 10.1. The minimum atomic E-state index is -3.57. The van der Waals surface area contributed by atoms with Gasteiger partial charge in [-0.3, -0.25) is 4.79 Å². The quantitative estimate of drug-likeness (QED) is 0.515. The predicted octanol–water partition coefficient (Wildman–Crippen LogP) is 2.88. The second kappa shape index (κ2) is 8.43. The molecule has 0 aliphatic carbocycles. The van der Waals surface area contributed by atoms with E-state index in [0.717, 1.165) is 3.57 Å². The molecule has 25 heavy (non-hydrogen) atoms. The third-order valence-electron chi connectivity index (χ3n) is 3.28. The molecule has 0 fully saturated rings. The van der Waals surface area contributed by atoms with E-state index in [4.69, 9.17) is 4.74 Å². The number of hydrogen-bond acceptors (Lipinski definition) is 5. The summed E-state index contributed by atoms with van der Waals surface area (Å²) in [6, 6.07) is 12.9. The predicted molar refractivity (Wildman–Crippen MR) is 102 cm³/mol. The molecule has 6 nitrogen and oxygen atoms in total. The number of benzene rings is 2. The molecule has 2 aromatic carbocycles. The molecule has 0 atom stereocenters. The Hall–Kier alpha value is -1.94. The van der Waals surface area contributed by atoms with Crippen molar-refractivity contribution in [3.63, 3.8) is 0 Å². The summed E-state index contributed by atoms with van der Waals surface area (Å²) in [5, 5.41) is 2.59. The Kier molecular flexibility index (Phi) is 6.54. The molecule has 132 valence electrons. The monoisotopic (exact) mass is 473 g/mol. The zero-order chi connectivity index (χ0) is 18.4. The van der Waals surface area contributed by atoms with Crippen molar-refractivity contribution >= 4 is 50.0 Å². The topological polar surface area (TPSA) is 89.5 Å². The van der Waals surface area contributed by atoms with Gasteiger partial charge in [0.05, 0.1) is 16.2 Å². The minimum Gasteiger partial charge on any atom is -0.452 e. The third-order valence-corrected chi connectivity index (χ3v) is 5.79. The van der Waals surface area contributed by atoms with Crippen molar-refractivity contribution in [2.45, 2.75) is 11.8 Å². The second-order valence-electron chi connectivity index (χ2n) is 5.03. The smallest absolute Gasteiger partial charge is 0.339 e. The second-order valence-corrected chi connectivity index (χ2v) is 8.52. The van der Waals surface area contributed by atoms with Crippen molar-refractivity contribution in [3.8, 4) is 0 Å². The summed E-state index contributed by atoms with van der Waals surface area (Å²) in [6.45, 7) is 0.983. The highest BCUT2D eigenvalue weighted by molar-refractivity contribution is 14.1. The number of anilines is 1. The van der Waals surface area contributed by atoms with Gasteiger partial charge in [0.25, 0.3) is 5.91 Å². The van der Waals surface area contributed by atoms with Gasteiger partial charge in [-0.05, 0) is 59.0 Å². The number of carbonyl (C=O) groups is 2. The zero-order valence-electron chi connectivity index (χ0n) is 13.4. The molecule has 0 aliphatic rings. The van der Waals surface area contributed by atoms with Crippen LogP contribution in [0.3, 0.4) is 0 Å². The van der Waals surface area contributed by atoms with E-state index in [0.29, 0.717) is 5.69 Å². The fourth-order valence-electron chi connectivity index (χ4n) is 2.00. The zero-order valence-corrected chi connectivity index (χ0v) is 16.3. The van der Waals surface area contributed by atoms with Gasteiger partial charge < -0.3 is 10.1 Å². The summed E-state index contributed by atoms with van der Waals surface area (Å²) in [4.78, 5) is 23.9. The fourth-order valence-corrected chi connectivity index (χ4v) is 3.44. The van der Waals surface area contributed by atoms with Gasteiger partial charge in [0, 0.05) is 9.26 Å². The molecule has 0 unspecified atom stereocenters. The van der Waals surface area contributed by atoms with Crippen LogP contribution in [0.1, 0.15) is 17.3 Å². The van der Waals surface area contributed by atoms with E-state index in [1.54, 1.807) is 12.1 Å². The molecule has 1 amide bonds. The summed E-state index contributed by atoms with van der Waals surface area (Å²) in [6.07, 6.45) is 0. The Morgan fingerprint density at radius 3 is 2.36 bits per heavy atom. The maximum atomic E-state index is 12.2. The first-order valence-electron chi connectivity index (χ1n) is 7.38. The molecule has 0 aliphatic heterocycles. The average molecular weight is 473 g/mol. The number of amides is 1. The van der Waals surface area contributed by atoms with E-state index in [1.807, 2.05) is 12.1 Å². The van der Waals surface area contributed by atoms with E-state index in [2.05, 4.69) is 27.9 Å². The lowest BCUT2D eigenvalue weighted by Crippen LogP contribution is -2.22. The summed E-state index contributed by atoms with van der Waals surface area (Å²) in [5.74, 6) is -1.50. The Labute approximate surface area is 159 Å². The van der Waals surface area contributed by atoms with Crippen molar-refractivity contribution in [1.82, 2.24) is 0 Å². The first-order chi connectivity index (χ1) is 11.8. The van der Waals surface area contributed by atoms with Gasteiger partial charge in [0.1, 0.15) is 0 Å². The van der Waals surface area contributed by atoms with Gasteiger partial charge in [-0.25, -0.2) is 13.2 Å². The molecule has 1 N–H and O–H groups in total. The summed E-state index contributed by atoms with van der Waals surface area (Å²) in [5.41, 5.74) is 0.502. The molecular weight excluding hydrogens is 457 g/mol. The van der Waals surface area contributed by atoms with Crippen LogP contribution < -0.4 is 5.32 Å². The van der Waals surface area contributed by atoms with Crippen LogP contribution in [0.15, 0.2) is 53.4 Å². The SMILES string of the molecule is CCS(=O)(=O)c1ccccc1C(=O)OCC(=O)Nc1ccc(I)cc1. The molecule has 0 aromatic heterocycles. The van der Waals surface area contributed by atoms with E-state index in [-0.39, 0.29) is 16.2 Å². The van der Waals surface area contributed by atoms with Gasteiger partial charge >= 0.3 is 5.97 Å². The van der Waals surface area contributed by atoms with E-state index < -0.39 is 28.3 Å². The van der Waals surface area contributed by atoms with Gasteiger partial charge in [0.2, 0.25) is 0 Å². The molecule has 0 saturated carbocycles. The largest absolute Gasteiger partial charge is 0.452 e. The van der Waals surface area contributed by atoms with Crippen LogP contribution >= 0.6 is 22.6 Å². The number of ether oxygens (including phenoxy) is 1. The van der Waals surface area contributed by atoms with Gasteiger partial charge in [-0.2, -0.15) is 0 Å². The Balaban J connectivity index is 2.03. The fraction of sp³-hybridized carbons (Fsp3) is 0.176. The van der Waals surface area contributed by atoms with E-state index in [1.165, 1.54) is 31.2 Å². The van der Waals surface area contributed by atoms with Gasteiger partial charge in [-0.1, -0.05) is 19.1 Å². The average Bonchev–Trinajstić information content (AvgIpc) is 2.61. The van der Waals surface area contributed by atoms with Gasteiger partial charge in [-0.15, -0.1) is 0 Å². The molecule has 0 heterocycles.